The number of rotatable bonds is 6. The molecule has 1 rings (SSSR count). The van der Waals surface area contributed by atoms with Gasteiger partial charge in [0.05, 0.1) is 0 Å². The molecule has 0 aromatic heterocycles. The molecule has 1 aliphatic heterocycles. The average molecular weight is 442 g/mol. The van der Waals surface area contributed by atoms with Crippen LogP contribution in [0, 0.1) is 0 Å². The maximum absolute atomic E-state index is 12.0. The van der Waals surface area contributed by atoms with E-state index in [9.17, 15) is 4.79 Å². The van der Waals surface area contributed by atoms with Crippen molar-refractivity contribution in [2.75, 3.05) is 23.3 Å². The topological polar surface area (TPSA) is 57.5 Å². The van der Waals surface area contributed by atoms with Crippen molar-refractivity contribution >= 4 is 25.8 Å². The molecule has 1 heterocycles. The molecule has 0 radical (unpaired) electrons. The zero-order chi connectivity index (χ0) is 11.5. The number of halogens is 2. The summed E-state index contributed by atoms with van der Waals surface area (Å²) >= 11 is -1.20. The number of alkyl halides is 4. The van der Waals surface area contributed by atoms with Crippen molar-refractivity contribution in [3.63, 3.8) is 0 Å². The molecule has 0 spiro atoms. The van der Waals surface area contributed by atoms with Crippen molar-refractivity contribution in [3.05, 3.63) is 0 Å². The third kappa shape index (κ3) is 3.40. The number of esters is 1. The predicted octanol–water partition coefficient (Wildman–Crippen LogP) is -2.02. The maximum atomic E-state index is 12.0. The van der Waals surface area contributed by atoms with E-state index in [0.717, 1.165) is 0 Å². The summed E-state index contributed by atoms with van der Waals surface area (Å²) in [6, 6.07) is 0. The Hall–Kier alpha value is 0.850. The van der Waals surface area contributed by atoms with E-state index in [-0.39, 0.29) is 37.7 Å². The molecule has 2 atom stereocenters. The van der Waals surface area contributed by atoms with Gasteiger partial charge in [0.2, 0.25) is 0 Å². The molecular formula is C9H18I2NO3-. The number of ether oxygens (including phenoxy) is 2. The van der Waals surface area contributed by atoms with Crippen molar-refractivity contribution in [2.24, 2.45) is 0 Å². The summed E-state index contributed by atoms with van der Waals surface area (Å²) in [4.78, 5) is 16.4. The van der Waals surface area contributed by atoms with Crippen LogP contribution < -0.4 is 25.0 Å². The number of hydrogen-bond acceptors (Lipinski definition) is 4. The number of carbonyl (C=O) groups excluding carboxylic acids is 1. The van der Waals surface area contributed by atoms with Crippen LogP contribution >= 0.6 is 19.8 Å². The molecule has 92 valence electrons. The second-order valence-corrected chi connectivity index (χ2v) is 12.5. The fraction of sp³-hybridized carbons (Fsp3) is 0.889. The van der Waals surface area contributed by atoms with Crippen molar-refractivity contribution in [2.45, 2.75) is 21.3 Å². The Balaban J connectivity index is 2.52. The molecular weight excluding hydrogens is 424 g/mol. The van der Waals surface area contributed by atoms with E-state index in [1.807, 2.05) is 6.92 Å². The van der Waals surface area contributed by atoms with Crippen LogP contribution in [0.3, 0.4) is 0 Å². The van der Waals surface area contributed by atoms with Crippen LogP contribution in [-0.4, -0.2) is 36.7 Å². The molecule has 0 aromatic rings. The van der Waals surface area contributed by atoms with Gasteiger partial charge in [0, 0.05) is 0 Å². The first-order valence-electron chi connectivity index (χ1n) is 4.66. The molecule has 0 saturated carbocycles. The van der Waals surface area contributed by atoms with E-state index < -0.39 is 19.8 Å². The van der Waals surface area contributed by atoms with Gasteiger partial charge in [-0.25, -0.2) is 0 Å². The van der Waals surface area contributed by atoms with Gasteiger partial charge in [-0.2, -0.15) is 0 Å². The quantitative estimate of drug-likeness (QED) is 0.0755. The first-order chi connectivity index (χ1) is 7.03. The summed E-state index contributed by atoms with van der Waals surface area (Å²) < 4.78 is 13.8. The molecule has 6 heteroatoms. The van der Waals surface area contributed by atoms with Gasteiger partial charge in [0.1, 0.15) is 0 Å². The Morgan fingerprint density at radius 2 is 2.20 bits per heavy atom. The van der Waals surface area contributed by atoms with Crippen LogP contribution in [-0.2, 0) is 14.3 Å². The number of nitrogens with one attached hydrogen (secondary N) is 1. The third-order valence-electron chi connectivity index (χ3n) is 2.36. The SMILES string of the molecule is CCOCOC(=O)C(C)(C1N[I-]1)I(C)C. The number of hydrogen-bond donors (Lipinski definition) is 1. The fourth-order valence-electron chi connectivity index (χ4n) is 1.01. The Morgan fingerprint density at radius 1 is 1.60 bits per heavy atom. The van der Waals surface area contributed by atoms with Crippen LogP contribution in [0.5, 0.6) is 0 Å². The second-order valence-electron chi connectivity index (χ2n) is 3.45. The van der Waals surface area contributed by atoms with Crippen molar-refractivity contribution < 1.29 is 35.7 Å². The molecule has 1 fully saturated rings. The van der Waals surface area contributed by atoms with E-state index >= 15 is 0 Å². The molecule has 0 aromatic carbocycles. The standard InChI is InChI=1S/C9H18I2NO3/c1-5-14-6-15-8(13)9(2,11(3)4)7-10-12-7/h7,12H,5-6H2,1-4H3/q-1. The molecule has 15 heavy (non-hydrogen) atoms. The Kier molecular flexibility index (Phi) is 5.53. The van der Waals surface area contributed by atoms with Crippen LogP contribution in [0.4, 0.5) is 0 Å². The monoisotopic (exact) mass is 442 g/mol. The zero-order valence-electron chi connectivity index (χ0n) is 9.47. The number of carbonyl (C=O) groups is 1. The summed E-state index contributed by atoms with van der Waals surface area (Å²) in [5.41, 5.74) is 0. The minimum absolute atomic E-state index is 0.0451. The summed E-state index contributed by atoms with van der Waals surface area (Å²) in [7, 11) is 0. The van der Waals surface area contributed by atoms with Gasteiger partial charge >= 0.3 is 110 Å². The second kappa shape index (κ2) is 5.97. The van der Waals surface area contributed by atoms with Gasteiger partial charge in [0.25, 0.3) is 0 Å². The van der Waals surface area contributed by atoms with Crippen LogP contribution in [0.15, 0.2) is 0 Å². The van der Waals surface area contributed by atoms with E-state index in [2.05, 4.69) is 20.3 Å². The average Bonchev–Trinajstić information content (AvgIpc) is 2.99. The van der Waals surface area contributed by atoms with Crippen molar-refractivity contribution in [1.82, 2.24) is 3.53 Å². The summed E-state index contributed by atoms with van der Waals surface area (Å²) in [5.74, 6) is -0.0687. The molecule has 2 unspecified atom stereocenters. The van der Waals surface area contributed by atoms with Gasteiger partial charge in [0.15, 0.2) is 0 Å². The molecule has 1 aliphatic rings. The van der Waals surface area contributed by atoms with Crippen LogP contribution in [0.1, 0.15) is 13.8 Å². The van der Waals surface area contributed by atoms with E-state index in [1.165, 1.54) is 0 Å². The molecule has 0 bridgehead atoms. The summed E-state index contributed by atoms with van der Waals surface area (Å²) in [6.45, 7) is 4.62. The minimum atomic E-state index is -1.24. The van der Waals surface area contributed by atoms with Gasteiger partial charge in [-0.05, 0) is 0 Å². The molecule has 4 nitrogen and oxygen atoms in total. The molecule has 0 aliphatic carbocycles. The van der Waals surface area contributed by atoms with E-state index in [4.69, 9.17) is 9.47 Å². The third-order valence-corrected chi connectivity index (χ3v) is 11.6. The molecule has 0 amide bonds. The Bertz CT molecular complexity index is 229. The normalized spacial score (nSPS) is 24.8. The van der Waals surface area contributed by atoms with E-state index in [1.54, 1.807) is 0 Å². The van der Waals surface area contributed by atoms with E-state index in [0.29, 0.717) is 10.7 Å². The molecule has 1 N–H and O–H groups in total. The van der Waals surface area contributed by atoms with Gasteiger partial charge < -0.3 is 0 Å². The fourth-order valence-corrected chi connectivity index (χ4v) is 9.48. The van der Waals surface area contributed by atoms with Crippen LogP contribution in [0.2, 0.25) is 0 Å². The summed E-state index contributed by atoms with van der Waals surface area (Å²) in [5, 5.41) is 0. The Labute approximate surface area is 109 Å². The Morgan fingerprint density at radius 3 is 2.60 bits per heavy atom. The van der Waals surface area contributed by atoms with Crippen LogP contribution in [0.25, 0.3) is 0 Å². The van der Waals surface area contributed by atoms with Gasteiger partial charge in [-0.3, -0.25) is 0 Å². The first-order valence-corrected chi connectivity index (χ1v) is 12.4. The first kappa shape index (κ1) is 13.9. The van der Waals surface area contributed by atoms with Crippen molar-refractivity contribution in [1.29, 1.82) is 0 Å². The van der Waals surface area contributed by atoms with Gasteiger partial charge in [-0.15, -0.1) is 0 Å². The predicted molar refractivity (Wildman–Crippen MR) is 63.8 cm³/mol. The van der Waals surface area contributed by atoms with Crippen molar-refractivity contribution in [3.8, 4) is 0 Å². The molecule has 1 saturated heterocycles. The van der Waals surface area contributed by atoms with Gasteiger partial charge in [-0.1, -0.05) is 0 Å². The zero-order valence-corrected chi connectivity index (χ0v) is 13.8. The summed E-state index contributed by atoms with van der Waals surface area (Å²) in [6.07, 6.45) is 0.